The summed E-state index contributed by atoms with van der Waals surface area (Å²) in [6, 6.07) is 8.72. The van der Waals surface area contributed by atoms with Gasteiger partial charge in [-0.15, -0.1) is 24.0 Å². The predicted molar refractivity (Wildman–Crippen MR) is 103 cm³/mol. The van der Waals surface area contributed by atoms with Gasteiger partial charge in [0.15, 0.2) is 5.96 Å². The van der Waals surface area contributed by atoms with Crippen molar-refractivity contribution in [3.05, 3.63) is 29.8 Å². The van der Waals surface area contributed by atoms with Crippen LogP contribution in [0, 0.1) is 0 Å². The molecule has 0 radical (unpaired) electrons. The summed E-state index contributed by atoms with van der Waals surface area (Å²) < 4.78 is 6.01. The lowest BCUT2D eigenvalue weighted by Gasteiger charge is -2.23. The van der Waals surface area contributed by atoms with Crippen molar-refractivity contribution < 1.29 is 4.74 Å². The molecule has 1 saturated carbocycles. The maximum absolute atomic E-state index is 6.01. The molecular weight excluding hydrogens is 389 g/mol. The Balaban J connectivity index is 0.00000242. The molecule has 5 heteroatoms. The van der Waals surface area contributed by atoms with E-state index in [1.54, 1.807) is 0 Å². The van der Waals surface area contributed by atoms with E-state index in [1.807, 2.05) is 18.2 Å². The number of hydrogen-bond acceptors (Lipinski definition) is 2. The molecule has 2 rings (SSSR count). The number of nitrogens with one attached hydrogen (secondary N) is 2. The summed E-state index contributed by atoms with van der Waals surface area (Å²) in [6.07, 6.45) is 2.49. The molecule has 1 aliphatic carbocycles. The Bertz CT molecular complexity index is 493. The van der Waals surface area contributed by atoms with E-state index in [0.29, 0.717) is 12.6 Å². The summed E-state index contributed by atoms with van der Waals surface area (Å²) in [6.45, 7) is 9.76. The van der Waals surface area contributed by atoms with Gasteiger partial charge in [-0.1, -0.05) is 18.2 Å². The zero-order valence-electron chi connectivity index (χ0n) is 14.0. The van der Waals surface area contributed by atoms with Crippen LogP contribution in [0.25, 0.3) is 0 Å². The molecule has 124 valence electrons. The summed E-state index contributed by atoms with van der Waals surface area (Å²) in [5, 5.41) is 6.72. The van der Waals surface area contributed by atoms with Crippen molar-refractivity contribution in [2.45, 2.75) is 58.7 Å². The molecule has 1 aromatic rings. The molecule has 2 N–H and O–H groups in total. The molecule has 0 bridgehead atoms. The SMILES string of the molecule is CCNC(=NCc1ccccc1OC(C)(C)C)NC1CC1.I. The summed E-state index contributed by atoms with van der Waals surface area (Å²) in [5.41, 5.74) is 0.914. The highest BCUT2D eigenvalue weighted by Crippen LogP contribution is 2.24. The minimum atomic E-state index is -0.198. The highest BCUT2D eigenvalue weighted by atomic mass is 127. The van der Waals surface area contributed by atoms with E-state index in [4.69, 9.17) is 4.74 Å². The summed E-state index contributed by atoms with van der Waals surface area (Å²) in [4.78, 5) is 4.67. The third-order valence-corrected chi connectivity index (χ3v) is 3.06. The van der Waals surface area contributed by atoms with Gasteiger partial charge in [0.2, 0.25) is 0 Å². The van der Waals surface area contributed by atoms with Crippen molar-refractivity contribution >= 4 is 29.9 Å². The van der Waals surface area contributed by atoms with Crippen LogP contribution in [0.1, 0.15) is 46.1 Å². The number of aliphatic imine (C=N–C) groups is 1. The van der Waals surface area contributed by atoms with Gasteiger partial charge in [0.25, 0.3) is 0 Å². The van der Waals surface area contributed by atoms with Crippen molar-refractivity contribution in [1.82, 2.24) is 10.6 Å². The number of rotatable bonds is 5. The first kappa shape index (κ1) is 19.1. The average molecular weight is 417 g/mol. The van der Waals surface area contributed by atoms with Crippen molar-refractivity contribution in [2.24, 2.45) is 4.99 Å². The smallest absolute Gasteiger partial charge is 0.191 e. The Kier molecular flexibility index (Phi) is 7.45. The molecule has 22 heavy (non-hydrogen) atoms. The Morgan fingerprint density at radius 3 is 2.55 bits per heavy atom. The Morgan fingerprint density at radius 2 is 1.95 bits per heavy atom. The normalized spacial score (nSPS) is 15.0. The van der Waals surface area contributed by atoms with Crippen LogP contribution < -0.4 is 15.4 Å². The monoisotopic (exact) mass is 417 g/mol. The average Bonchev–Trinajstić information content (AvgIpc) is 3.20. The largest absolute Gasteiger partial charge is 0.488 e. The lowest BCUT2D eigenvalue weighted by Crippen LogP contribution is -2.38. The van der Waals surface area contributed by atoms with Crippen LogP contribution >= 0.6 is 24.0 Å². The van der Waals surface area contributed by atoms with E-state index in [1.165, 1.54) is 12.8 Å². The minimum Gasteiger partial charge on any atom is -0.488 e. The van der Waals surface area contributed by atoms with Gasteiger partial charge in [0.1, 0.15) is 11.4 Å². The van der Waals surface area contributed by atoms with Crippen LogP contribution in [0.2, 0.25) is 0 Å². The van der Waals surface area contributed by atoms with Crippen LogP contribution in [0.4, 0.5) is 0 Å². The molecule has 0 saturated heterocycles. The van der Waals surface area contributed by atoms with Crippen molar-refractivity contribution in [1.29, 1.82) is 0 Å². The number of benzene rings is 1. The number of ether oxygens (including phenoxy) is 1. The predicted octanol–water partition coefficient (Wildman–Crippen LogP) is 3.70. The highest BCUT2D eigenvalue weighted by Gasteiger charge is 2.22. The van der Waals surface area contributed by atoms with Gasteiger partial charge < -0.3 is 15.4 Å². The van der Waals surface area contributed by atoms with Crippen LogP contribution in [0.3, 0.4) is 0 Å². The number of para-hydroxylation sites is 1. The van der Waals surface area contributed by atoms with E-state index in [0.717, 1.165) is 23.8 Å². The second-order valence-electron chi connectivity index (χ2n) is 6.44. The minimum absolute atomic E-state index is 0. The molecule has 0 amide bonds. The topological polar surface area (TPSA) is 45.7 Å². The van der Waals surface area contributed by atoms with Crippen molar-refractivity contribution in [3.8, 4) is 5.75 Å². The third kappa shape index (κ3) is 6.85. The number of halogens is 1. The van der Waals surface area contributed by atoms with Crippen LogP contribution in [0.5, 0.6) is 5.75 Å². The first-order valence-corrected chi connectivity index (χ1v) is 7.79. The molecule has 0 unspecified atom stereocenters. The van der Waals surface area contributed by atoms with E-state index in [9.17, 15) is 0 Å². The molecule has 0 spiro atoms. The maximum Gasteiger partial charge on any atom is 0.191 e. The first-order valence-electron chi connectivity index (χ1n) is 7.79. The van der Waals surface area contributed by atoms with E-state index in [-0.39, 0.29) is 29.6 Å². The molecule has 0 atom stereocenters. The van der Waals surface area contributed by atoms with Gasteiger partial charge in [-0.2, -0.15) is 0 Å². The van der Waals surface area contributed by atoms with Gasteiger partial charge in [-0.05, 0) is 46.6 Å². The quantitative estimate of drug-likeness (QED) is 0.436. The molecule has 0 aliphatic heterocycles. The van der Waals surface area contributed by atoms with Crippen LogP contribution in [-0.2, 0) is 6.54 Å². The molecule has 4 nitrogen and oxygen atoms in total. The fourth-order valence-corrected chi connectivity index (χ4v) is 1.97. The lowest BCUT2D eigenvalue weighted by atomic mass is 10.1. The standard InChI is InChI=1S/C17H27N3O.HI/c1-5-18-16(20-14-10-11-14)19-12-13-8-6-7-9-15(13)21-17(2,3)4;/h6-9,14H,5,10-12H2,1-4H3,(H2,18,19,20);1H. The second kappa shape index (κ2) is 8.60. The number of guanidine groups is 1. The van der Waals surface area contributed by atoms with E-state index in [2.05, 4.69) is 49.4 Å². The summed E-state index contributed by atoms with van der Waals surface area (Å²) in [7, 11) is 0. The van der Waals surface area contributed by atoms with Gasteiger partial charge in [0.05, 0.1) is 6.54 Å². The van der Waals surface area contributed by atoms with Gasteiger partial charge in [-0.25, -0.2) is 4.99 Å². The maximum atomic E-state index is 6.01. The van der Waals surface area contributed by atoms with E-state index < -0.39 is 0 Å². The third-order valence-electron chi connectivity index (χ3n) is 3.06. The number of nitrogens with zero attached hydrogens (tertiary/aromatic N) is 1. The van der Waals surface area contributed by atoms with E-state index >= 15 is 0 Å². The Labute approximate surface area is 151 Å². The molecule has 0 aromatic heterocycles. The van der Waals surface area contributed by atoms with Gasteiger partial charge in [-0.3, -0.25) is 0 Å². The molecule has 0 heterocycles. The molecule has 1 aliphatic rings. The second-order valence-corrected chi connectivity index (χ2v) is 6.44. The van der Waals surface area contributed by atoms with Crippen molar-refractivity contribution in [2.75, 3.05) is 6.54 Å². The Hall–Kier alpha value is -0.980. The molecule has 1 fully saturated rings. The summed E-state index contributed by atoms with van der Waals surface area (Å²) >= 11 is 0. The van der Waals surface area contributed by atoms with Gasteiger partial charge in [0, 0.05) is 18.2 Å². The fraction of sp³-hybridized carbons (Fsp3) is 0.588. The molecular formula is C17H28IN3O. The lowest BCUT2D eigenvalue weighted by molar-refractivity contribution is 0.129. The number of hydrogen-bond donors (Lipinski definition) is 2. The van der Waals surface area contributed by atoms with Gasteiger partial charge >= 0.3 is 0 Å². The van der Waals surface area contributed by atoms with Crippen LogP contribution in [-0.4, -0.2) is 24.1 Å². The Morgan fingerprint density at radius 1 is 1.27 bits per heavy atom. The first-order chi connectivity index (χ1) is 9.98. The van der Waals surface area contributed by atoms with Crippen molar-refractivity contribution in [3.63, 3.8) is 0 Å². The molecule has 1 aromatic carbocycles. The van der Waals surface area contributed by atoms with Crippen LogP contribution in [0.15, 0.2) is 29.3 Å². The fourth-order valence-electron chi connectivity index (χ4n) is 1.97. The zero-order chi connectivity index (χ0) is 15.3. The summed E-state index contributed by atoms with van der Waals surface area (Å²) in [5.74, 6) is 1.81. The zero-order valence-corrected chi connectivity index (χ0v) is 16.3. The highest BCUT2D eigenvalue weighted by molar-refractivity contribution is 14.0.